The van der Waals surface area contributed by atoms with Gasteiger partial charge in [-0.2, -0.15) is 0 Å². The number of carbonyl (C=O) groups excluding carboxylic acids is 2. The van der Waals surface area contributed by atoms with E-state index in [-0.39, 0.29) is 0 Å². The van der Waals surface area contributed by atoms with Crippen molar-refractivity contribution < 1.29 is 14.7 Å². The molecule has 0 unspecified atom stereocenters. The first kappa shape index (κ1) is 14.3. The standard InChI is InChI=1S/C17H16N2O3/c20-14-10-11-6-4-5-9-13(11)15(14)19-17(22)16(21)18-12-7-2-1-3-8-12/h1-9,14-15,20H,10H2,(H,18,21)(H,19,22)/t14-,15+/m1/s1. The van der Waals surface area contributed by atoms with Crippen LogP contribution in [0, 0.1) is 0 Å². The molecule has 0 radical (unpaired) electrons. The minimum atomic E-state index is -0.760. The number of amides is 2. The molecule has 5 nitrogen and oxygen atoms in total. The number of nitrogens with one attached hydrogen (secondary N) is 2. The van der Waals surface area contributed by atoms with Crippen molar-refractivity contribution in [2.24, 2.45) is 0 Å². The van der Waals surface area contributed by atoms with E-state index in [1.165, 1.54) is 0 Å². The number of hydrogen-bond acceptors (Lipinski definition) is 3. The number of carbonyl (C=O) groups is 2. The predicted octanol–water partition coefficient (Wildman–Crippen LogP) is 1.40. The second kappa shape index (κ2) is 5.99. The van der Waals surface area contributed by atoms with E-state index >= 15 is 0 Å². The molecule has 0 spiro atoms. The highest BCUT2D eigenvalue weighted by atomic mass is 16.3. The maximum Gasteiger partial charge on any atom is 0.313 e. The number of anilines is 1. The Morgan fingerprint density at radius 1 is 0.955 bits per heavy atom. The van der Waals surface area contributed by atoms with Gasteiger partial charge in [-0.1, -0.05) is 42.5 Å². The molecule has 0 aliphatic heterocycles. The fourth-order valence-corrected chi connectivity index (χ4v) is 2.66. The summed E-state index contributed by atoms with van der Waals surface area (Å²) in [6.07, 6.45) is -0.243. The first-order valence-electron chi connectivity index (χ1n) is 7.08. The number of aliphatic hydroxyl groups is 1. The summed E-state index contributed by atoms with van der Waals surface area (Å²) in [7, 11) is 0. The first-order chi connectivity index (χ1) is 10.6. The number of fused-ring (bicyclic) bond motifs is 1. The Labute approximate surface area is 128 Å². The van der Waals surface area contributed by atoms with E-state index in [1.54, 1.807) is 24.3 Å². The van der Waals surface area contributed by atoms with Gasteiger partial charge in [0.1, 0.15) is 0 Å². The summed E-state index contributed by atoms with van der Waals surface area (Å²) in [5, 5.41) is 15.2. The van der Waals surface area contributed by atoms with Gasteiger partial charge in [-0.3, -0.25) is 9.59 Å². The van der Waals surface area contributed by atoms with Crippen molar-refractivity contribution in [3.63, 3.8) is 0 Å². The lowest BCUT2D eigenvalue weighted by Crippen LogP contribution is -2.40. The van der Waals surface area contributed by atoms with Gasteiger partial charge in [0, 0.05) is 12.1 Å². The zero-order chi connectivity index (χ0) is 15.5. The van der Waals surface area contributed by atoms with E-state index in [4.69, 9.17) is 0 Å². The Hall–Kier alpha value is -2.66. The van der Waals surface area contributed by atoms with E-state index < -0.39 is 24.0 Å². The highest BCUT2D eigenvalue weighted by Gasteiger charge is 2.33. The molecule has 2 amide bonds. The minimum Gasteiger partial charge on any atom is -0.390 e. The molecule has 0 aromatic heterocycles. The number of rotatable bonds is 2. The van der Waals surface area contributed by atoms with Crippen LogP contribution in [0.5, 0.6) is 0 Å². The van der Waals surface area contributed by atoms with Crippen LogP contribution >= 0.6 is 0 Å². The summed E-state index contributed by atoms with van der Waals surface area (Å²) in [6.45, 7) is 0. The lowest BCUT2D eigenvalue weighted by molar-refractivity contribution is -0.137. The molecule has 0 fully saturated rings. The van der Waals surface area contributed by atoms with Crippen LogP contribution < -0.4 is 10.6 Å². The van der Waals surface area contributed by atoms with Crippen molar-refractivity contribution in [3.05, 3.63) is 65.7 Å². The SMILES string of the molecule is O=C(Nc1ccccc1)C(=O)N[C@H]1c2ccccc2C[C@H]1O. The number of para-hydroxylation sites is 1. The Morgan fingerprint density at radius 2 is 1.64 bits per heavy atom. The van der Waals surface area contributed by atoms with Gasteiger partial charge in [-0.15, -0.1) is 0 Å². The van der Waals surface area contributed by atoms with Crippen LogP contribution in [0.15, 0.2) is 54.6 Å². The third kappa shape index (κ3) is 2.84. The molecule has 1 aliphatic rings. The lowest BCUT2D eigenvalue weighted by atomic mass is 10.1. The fraction of sp³-hybridized carbons (Fsp3) is 0.176. The molecule has 2 aromatic carbocycles. The van der Waals surface area contributed by atoms with Crippen molar-refractivity contribution in [2.75, 3.05) is 5.32 Å². The molecule has 0 saturated carbocycles. The van der Waals surface area contributed by atoms with Crippen LogP contribution in [0.25, 0.3) is 0 Å². The normalized spacial score (nSPS) is 19.3. The van der Waals surface area contributed by atoms with Crippen LogP contribution in [0.3, 0.4) is 0 Å². The van der Waals surface area contributed by atoms with Gasteiger partial charge in [-0.25, -0.2) is 0 Å². The van der Waals surface area contributed by atoms with Crippen LogP contribution in [0.2, 0.25) is 0 Å². The molecular formula is C17H16N2O3. The Bertz CT molecular complexity index is 700. The molecule has 0 bridgehead atoms. The van der Waals surface area contributed by atoms with Gasteiger partial charge >= 0.3 is 11.8 Å². The van der Waals surface area contributed by atoms with Gasteiger partial charge in [0.15, 0.2) is 0 Å². The maximum absolute atomic E-state index is 12.0. The zero-order valence-corrected chi connectivity index (χ0v) is 11.8. The molecule has 0 saturated heterocycles. The monoisotopic (exact) mass is 296 g/mol. The lowest BCUT2D eigenvalue weighted by Gasteiger charge is -2.17. The van der Waals surface area contributed by atoms with Gasteiger partial charge in [0.25, 0.3) is 0 Å². The van der Waals surface area contributed by atoms with Crippen LogP contribution in [-0.4, -0.2) is 23.0 Å². The number of hydrogen-bond donors (Lipinski definition) is 3. The largest absolute Gasteiger partial charge is 0.390 e. The molecule has 3 N–H and O–H groups in total. The van der Waals surface area contributed by atoms with Crippen LogP contribution in [-0.2, 0) is 16.0 Å². The van der Waals surface area contributed by atoms with Crippen molar-refractivity contribution in [2.45, 2.75) is 18.6 Å². The quantitative estimate of drug-likeness (QED) is 0.733. The van der Waals surface area contributed by atoms with E-state index in [1.807, 2.05) is 30.3 Å². The molecule has 2 aromatic rings. The summed E-state index contributed by atoms with van der Waals surface area (Å²) in [6, 6.07) is 15.7. The second-order valence-corrected chi connectivity index (χ2v) is 5.24. The number of aliphatic hydroxyl groups excluding tert-OH is 1. The highest BCUT2D eigenvalue weighted by Crippen LogP contribution is 2.31. The average Bonchev–Trinajstić information content (AvgIpc) is 2.84. The van der Waals surface area contributed by atoms with Crippen LogP contribution in [0.4, 0.5) is 5.69 Å². The highest BCUT2D eigenvalue weighted by molar-refractivity contribution is 6.39. The summed E-state index contributed by atoms with van der Waals surface area (Å²) in [5.41, 5.74) is 2.40. The predicted molar refractivity (Wildman–Crippen MR) is 82.1 cm³/mol. The van der Waals surface area contributed by atoms with Crippen molar-refractivity contribution >= 4 is 17.5 Å². The van der Waals surface area contributed by atoms with Crippen LogP contribution in [0.1, 0.15) is 17.2 Å². The molecule has 112 valence electrons. The van der Waals surface area contributed by atoms with Crippen molar-refractivity contribution in [1.29, 1.82) is 0 Å². The first-order valence-corrected chi connectivity index (χ1v) is 7.08. The molecule has 0 heterocycles. The van der Waals surface area contributed by atoms with Gasteiger partial charge in [0.05, 0.1) is 12.1 Å². The summed E-state index contributed by atoms with van der Waals surface area (Å²) in [4.78, 5) is 23.9. The third-order valence-electron chi connectivity index (χ3n) is 3.73. The van der Waals surface area contributed by atoms with Gasteiger partial charge in [0.2, 0.25) is 0 Å². The summed E-state index contributed by atoms with van der Waals surface area (Å²) in [5.74, 6) is -1.51. The van der Waals surface area contributed by atoms with E-state index in [9.17, 15) is 14.7 Å². The average molecular weight is 296 g/mol. The van der Waals surface area contributed by atoms with Gasteiger partial charge < -0.3 is 15.7 Å². The summed E-state index contributed by atoms with van der Waals surface area (Å²) >= 11 is 0. The summed E-state index contributed by atoms with van der Waals surface area (Å²) < 4.78 is 0. The van der Waals surface area contributed by atoms with E-state index in [0.717, 1.165) is 11.1 Å². The number of benzene rings is 2. The third-order valence-corrected chi connectivity index (χ3v) is 3.73. The maximum atomic E-state index is 12.0. The molecule has 3 rings (SSSR count). The van der Waals surface area contributed by atoms with Gasteiger partial charge in [-0.05, 0) is 23.3 Å². The van der Waals surface area contributed by atoms with Crippen molar-refractivity contribution in [3.8, 4) is 0 Å². The molecule has 22 heavy (non-hydrogen) atoms. The molecule has 5 heteroatoms. The van der Waals surface area contributed by atoms with E-state index in [0.29, 0.717) is 12.1 Å². The molecule has 2 atom stereocenters. The van der Waals surface area contributed by atoms with Crippen molar-refractivity contribution in [1.82, 2.24) is 5.32 Å². The van der Waals surface area contributed by atoms with E-state index in [2.05, 4.69) is 10.6 Å². The smallest absolute Gasteiger partial charge is 0.313 e. The Kier molecular flexibility index (Phi) is 3.89. The Morgan fingerprint density at radius 3 is 2.41 bits per heavy atom. The Balaban J connectivity index is 1.68. The molecule has 1 aliphatic carbocycles. The minimum absolute atomic E-state index is 0.474. The zero-order valence-electron chi connectivity index (χ0n) is 11.8. The fourth-order valence-electron chi connectivity index (χ4n) is 2.66. The topological polar surface area (TPSA) is 78.4 Å². The second-order valence-electron chi connectivity index (χ2n) is 5.24. The molecular weight excluding hydrogens is 280 g/mol.